The average Bonchev–Trinajstić information content (AvgIpc) is 3.05. The Labute approximate surface area is 173 Å². The first-order valence-electron chi connectivity index (χ1n) is 9.05. The second-order valence-corrected chi connectivity index (χ2v) is 8.81. The second-order valence-electron chi connectivity index (χ2n) is 7.81. The summed E-state index contributed by atoms with van der Waals surface area (Å²) < 4.78 is 0. The number of carbonyl (C=O) groups is 1. The van der Waals surface area contributed by atoms with Crippen LogP contribution in [-0.4, -0.2) is 26.1 Å². The lowest BCUT2D eigenvalue weighted by molar-refractivity contribution is 0.0778. The van der Waals surface area contributed by atoms with Gasteiger partial charge in [0.25, 0.3) is 5.91 Å². The molecule has 0 saturated heterocycles. The van der Waals surface area contributed by atoms with E-state index in [9.17, 15) is 15.0 Å². The third kappa shape index (κ3) is 4.79. The third-order valence-corrected chi connectivity index (χ3v) is 5.43. The fourth-order valence-electron chi connectivity index (χ4n) is 2.66. The molecule has 0 spiro atoms. The number of anilines is 2. The molecule has 152 valence electrons. The smallest absolute Gasteiger partial charge is 0.270 e. The molecule has 0 aliphatic heterocycles. The van der Waals surface area contributed by atoms with Gasteiger partial charge in [0, 0.05) is 17.3 Å². The number of nitrogens with zero attached hydrogens (tertiary/aromatic N) is 2. The zero-order valence-corrected chi connectivity index (χ0v) is 17.5. The molecule has 0 saturated carbocycles. The van der Waals surface area contributed by atoms with Crippen molar-refractivity contribution in [3.63, 3.8) is 0 Å². The van der Waals surface area contributed by atoms with Gasteiger partial charge in [0.15, 0.2) is 5.69 Å². The third-order valence-electron chi connectivity index (χ3n) is 4.41. The molecule has 0 bridgehead atoms. The largest absolute Gasteiger partial charge is 0.386 e. The molecule has 0 atom stereocenters. The maximum atomic E-state index is 11.9. The quantitative estimate of drug-likeness (QED) is 0.492. The SMILES string of the molecule is CC(C)(O)c1ccc(-c2nc(C(N)=O)c(Nc3ccc(C(C)(C)O)cn3)s2)cc1. The Balaban J connectivity index is 1.90. The summed E-state index contributed by atoms with van der Waals surface area (Å²) in [4.78, 5) is 20.5. The highest BCUT2D eigenvalue weighted by Crippen LogP contribution is 2.34. The minimum atomic E-state index is -0.989. The maximum absolute atomic E-state index is 11.9. The molecule has 0 radical (unpaired) electrons. The van der Waals surface area contributed by atoms with E-state index in [1.54, 1.807) is 46.0 Å². The fraction of sp³-hybridized carbons (Fsp3) is 0.286. The van der Waals surface area contributed by atoms with Gasteiger partial charge < -0.3 is 21.3 Å². The van der Waals surface area contributed by atoms with Gasteiger partial charge in [-0.25, -0.2) is 9.97 Å². The molecule has 0 aliphatic rings. The van der Waals surface area contributed by atoms with Gasteiger partial charge in [-0.1, -0.05) is 41.7 Å². The number of aliphatic hydroxyl groups is 2. The number of amides is 1. The van der Waals surface area contributed by atoms with Crippen LogP contribution in [-0.2, 0) is 11.2 Å². The lowest BCUT2D eigenvalue weighted by atomic mass is 9.97. The van der Waals surface area contributed by atoms with Crippen LogP contribution in [0.4, 0.5) is 10.8 Å². The standard InChI is InChI=1S/C21H24N4O3S/c1-20(2,27)13-7-5-12(6-8-13)18-25-16(17(22)26)19(29-18)24-15-10-9-14(11-23-15)21(3,4)28/h5-11,27-28H,1-4H3,(H2,22,26)(H,23,24). The van der Waals surface area contributed by atoms with E-state index in [1.165, 1.54) is 11.3 Å². The van der Waals surface area contributed by atoms with Crippen LogP contribution in [0.25, 0.3) is 10.6 Å². The number of thiazole rings is 1. The van der Waals surface area contributed by atoms with E-state index < -0.39 is 17.1 Å². The molecule has 1 aromatic carbocycles. The van der Waals surface area contributed by atoms with E-state index in [0.29, 0.717) is 21.4 Å². The molecule has 8 heteroatoms. The molecule has 3 rings (SSSR count). The molecule has 7 nitrogen and oxygen atoms in total. The molecule has 2 heterocycles. The molecular formula is C21H24N4O3S. The highest BCUT2D eigenvalue weighted by Gasteiger charge is 2.20. The molecule has 5 N–H and O–H groups in total. The Hall–Kier alpha value is -2.81. The topological polar surface area (TPSA) is 121 Å². The summed E-state index contributed by atoms with van der Waals surface area (Å²) in [6.45, 7) is 6.80. The molecule has 1 amide bonds. The van der Waals surface area contributed by atoms with E-state index in [1.807, 2.05) is 24.3 Å². The van der Waals surface area contributed by atoms with Crippen LogP contribution in [0, 0.1) is 0 Å². The first-order valence-corrected chi connectivity index (χ1v) is 9.86. The van der Waals surface area contributed by atoms with Crippen molar-refractivity contribution in [3.8, 4) is 10.6 Å². The van der Waals surface area contributed by atoms with Crippen molar-refractivity contribution < 1.29 is 15.0 Å². The van der Waals surface area contributed by atoms with Crippen molar-refractivity contribution >= 4 is 28.1 Å². The Kier molecular flexibility index (Phi) is 5.44. The normalized spacial score (nSPS) is 12.1. The van der Waals surface area contributed by atoms with Gasteiger partial charge in [0.2, 0.25) is 0 Å². The number of pyridine rings is 1. The van der Waals surface area contributed by atoms with Crippen LogP contribution in [0.1, 0.15) is 49.3 Å². The van der Waals surface area contributed by atoms with Gasteiger partial charge in [-0.2, -0.15) is 0 Å². The summed E-state index contributed by atoms with van der Waals surface area (Å²) in [5, 5.41) is 24.3. The summed E-state index contributed by atoms with van der Waals surface area (Å²) in [6.07, 6.45) is 1.57. The first kappa shape index (κ1) is 20.9. The number of carbonyl (C=O) groups excluding carboxylic acids is 1. The number of nitrogens with two attached hydrogens (primary N) is 1. The van der Waals surface area contributed by atoms with E-state index in [2.05, 4.69) is 15.3 Å². The minimum absolute atomic E-state index is 0.130. The number of rotatable bonds is 6. The maximum Gasteiger partial charge on any atom is 0.270 e. The van der Waals surface area contributed by atoms with Crippen molar-refractivity contribution in [1.82, 2.24) is 9.97 Å². The first-order chi connectivity index (χ1) is 13.4. The van der Waals surface area contributed by atoms with Crippen LogP contribution in [0.2, 0.25) is 0 Å². The molecule has 2 aromatic heterocycles. The number of aromatic nitrogens is 2. The molecule has 0 unspecified atom stereocenters. The Morgan fingerprint density at radius 3 is 2.07 bits per heavy atom. The van der Waals surface area contributed by atoms with Gasteiger partial charge in [-0.05, 0) is 39.3 Å². The fourth-order valence-corrected chi connectivity index (χ4v) is 3.64. The van der Waals surface area contributed by atoms with Crippen molar-refractivity contribution in [1.29, 1.82) is 0 Å². The molecule has 29 heavy (non-hydrogen) atoms. The van der Waals surface area contributed by atoms with Gasteiger partial charge in [0.05, 0.1) is 11.2 Å². The summed E-state index contributed by atoms with van der Waals surface area (Å²) >= 11 is 1.28. The van der Waals surface area contributed by atoms with Crippen molar-refractivity contribution in [2.24, 2.45) is 5.73 Å². The van der Waals surface area contributed by atoms with Crippen LogP contribution in [0.3, 0.4) is 0 Å². The van der Waals surface area contributed by atoms with Gasteiger partial charge in [0.1, 0.15) is 15.8 Å². The Morgan fingerprint density at radius 1 is 1.00 bits per heavy atom. The zero-order chi connectivity index (χ0) is 21.4. The minimum Gasteiger partial charge on any atom is -0.386 e. The van der Waals surface area contributed by atoms with E-state index in [-0.39, 0.29) is 5.69 Å². The summed E-state index contributed by atoms with van der Waals surface area (Å²) in [5.41, 5.74) is 5.97. The second kappa shape index (κ2) is 7.55. The molecule has 3 aromatic rings. The highest BCUT2D eigenvalue weighted by atomic mass is 32.1. The van der Waals surface area contributed by atoms with E-state index in [4.69, 9.17) is 5.73 Å². The number of nitrogens with one attached hydrogen (secondary N) is 1. The number of hydrogen-bond donors (Lipinski definition) is 4. The van der Waals surface area contributed by atoms with Crippen LogP contribution >= 0.6 is 11.3 Å². The van der Waals surface area contributed by atoms with Gasteiger partial charge in [-0.3, -0.25) is 4.79 Å². The molecule has 0 aliphatic carbocycles. The summed E-state index contributed by atoms with van der Waals surface area (Å²) in [5.74, 6) is -0.135. The van der Waals surface area contributed by atoms with Gasteiger partial charge >= 0.3 is 0 Å². The molecular weight excluding hydrogens is 388 g/mol. The lowest BCUT2D eigenvalue weighted by Gasteiger charge is -2.17. The predicted molar refractivity (Wildman–Crippen MR) is 114 cm³/mol. The van der Waals surface area contributed by atoms with Crippen molar-refractivity contribution in [2.75, 3.05) is 5.32 Å². The number of hydrogen-bond acceptors (Lipinski definition) is 7. The van der Waals surface area contributed by atoms with Gasteiger partial charge in [-0.15, -0.1) is 0 Å². The number of primary amides is 1. The average molecular weight is 413 g/mol. The van der Waals surface area contributed by atoms with E-state index in [0.717, 1.165) is 11.1 Å². The predicted octanol–water partition coefficient (Wildman–Crippen LogP) is 3.50. The van der Waals surface area contributed by atoms with Crippen LogP contribution < -0.4 is 11.1 Å². The Morgan fingerprint density at radius 2 is 1.59 bits per heavy atom. The highest BCUT2D eigenvalue weighted by molar-refractivity contribution is 7.19. The van der Waals surface area contributed by atoms with Crippen molar-refractivity contribution in [2.45, 2.75) is 38.9 Å². The lowest BCUT2D eigenvalue weighted by Crippen LogP contribution is -2.16. The zero-order valence-electron chi connectivity index (χ0n) is 16.7. The van der Waals surface area contributed by atoms with Crippen LogP contribution in [0.15, 0.2) is 42.6 Å². The van der Waals surface area contributed by atoms with E-state index >= 15 is 0 Å². The molecule has 0 fully saturated rings. The van der Waals surface area contributed by atoms with Crippen molar-refractivity contribution in [3.05, 3.63) is 59.4 Å². The monoisotopic (exact) mass is 412 g/mol. The summed E-state index contributed by atoms with van der Waals surface area (Å²) in [7, 11) is 0. The van der Waals surface area contributed by atoms with Crippen LogP contribution in [0.5, 0.6) is 0 Å². The summed E-state index contributed by atoms with van der Waals surface area (Å²) in [6, 6.07) is 10.8. The number of benzene rings is 1. The Bertz CT molecular complexity index is 1010.